The Morgan fingerprint density at radius 3 is 2.57 bits per heavy atom. The number of aromatic nitrogens is 2. The van der Waals surface area contributed by atoms with Crippen molar-refractivity contribution in [1.82, 2.24) is 9.78 Å². The number of hydrogen-bond donors (Lipinski definition) is 0. The van der Waals surface area contributed by atoms with Crippen molar-refractivity contribution in [3.63, 3.8) is 0 Å². The molecular formula is C13H12Cl2N2O3S. The molecule has 1 aromatic heterocycles. The summed E-state index contributed by atoms with van der Waals surface area (Å²) in [4.78, 5) is -0.0979. The van der Waals surface area contributed by atoms with Gasteiger partial charge in [0, 0.05) is 16.6 Å². The van der Waals surface area contributed by atoms with Gasteiger partial charge in [0.2, 0.25) is 0 Å². The first kappa shape index (κ1) is 14.7. The van der Waals surface area contributed by atoms with Crippen molar-refractivity contribution in [2.45, 2.75) is 23.7 Å². The Kier molecular flexibility index (Phi) is 3.63. The fraction of sp³-hybridized carbons (Fsp3) is 0.308. The van der Waals surface area contributed by atoms with Crippen molar-refractivity contribution in [1.29, 1.82) is 0 Å². The summed E-state index contributed by atoms with van der Waals surface area (Å²) in [6.07, 6.45) is 1.78. The predicted octanol–water partition coefficient (Wildman–Crippen LogP) is 3.34. The van der Waals surface area contributed by atoms with E-state index in [2.05, 4.69) is 5.10 Å². The molecule has 0 atom stereocenters. The molecule has 1 fully saturated rings. The van der Waals surface area contributed by atoms with E-state index in [0.29, 0.717) is 17.1 Å². The molecule has 0 amide bonds. The van der Waals surface area contributed by atoms with Crippen LogP contribution in [0.3, 0.4) is 0 Å². The van der Waals surface area contributed by atoms with Crippen LogP contribution in [0, 0.1) is 0 Å². The number of rotatable bonds is 4. The lowest BCUT2D eigenvalue weighted by Crippen LogP contribution is -2.00. The van der Waals surface area contributed by atoms with E-state index in [0.717, 1.165) is 12.8 Å². The highest BCUT2D eigenvalue weighted by molar-refractivity contribution is 8.13. The minimum Gasteiger partial charge on any atom is -0.494 e. The third-order valence-electron chi connectivity index (χ3n) is 3.33. The van der Waals surface area contributed by atoms with Gasteiger partial charge in [0.25, 0.3) is 9.05 Å². The lowest BCUT2D eigenvalue weighted by Gasteiger charge is -2.08. The Hall–Kier alpha value is -1.24. The lowest BCUT2D eigenvalue weighted by molar-refractivity contribution is 0.411. The molecule has 0 bridgehead atoms. The Bertz CT molecular complexity index is 798. The molecule has 1 heterocycles. The molecule has 0 saturated heterocycles. The van der Waals surface area contributed by atoms with Crippen molar-refractivity contribution in [3.05, 3.63) is 35.1 Å². The maximum absolute atomic E-state index is 11.8. The van der Waals surface area contributed by atoms with Gasteiger partial charge < -0.3 is 4.74 Å². The fourth-order valence-corrected chi connectivity index (χ4v) is 4.06. The van der Waals surface area contributed by atoms with Crippen LogP contribution in [0.4, 0.5) is 0 Å². The summed E-state index contributed by atoms with van der Waals surface area (Å²) in [7, 11) is 3.08. The largest absolute Gasteiger partial charge is 0.494 e. The van der Waals surface area contributed by atoms with Gasteiger partial charge in [-0.05, 0) is 25.0 Å². The molecule has 2 aromatic rings. The maximum Gasteiger partial charge on any atom is 0.266 e. The van der Waals surface area contributed by atoms with Crippen molar-refractivity contribution in [2.75, 3.05) is 7.11 Å². The van der Waals surface area contributed by atoms with Gasteiger partial charge in [-0.3, -0.25) is 0 Å². The van der Waals surface area contributed by atoms with Gasteiger partial charge in [0.05, 0.1) is 12.8 Å². The van der Waals surface area contributed by atoms with Gasteiger partial charge in [0.1, 0.15) is 16.3 Å². The molecule has 0 radical (unpaired) electrons. The Morgan fingerprint density at radius 1 is 1.33 bits per heavy atom. The molecular weight excluding hydrogens is 335 g/mol. The quantitative estimate of drug-likeness (QED) is 0.796. The standard InChI is InChI=1S/C13H12Cl2N2O3S/c1-20-10-5-3-2-4-9(10)17-13(14)12(21(15,18)19)11(16-17)8-6-7-8/h2-5,8H,6-7H2,1H3. The number of para-hydroxylation sites is 2. The molecule has 3 rings (SSSR count). The molecule has 8 heteroatoms. The van der Waals surface area contributed by atoms with Gasteiger partial charge in [-0.25, -0.2) is 13.1 Å². The summed E-state index contributed by atoms with van der Waals surface area (Å²) in [5, 5.41) is 4.34. The zero-order valence-corrected chi connectivity index (χ0v) is 13.4. The number of halogens is 2. The van der Waals surface area contributed by atoms with Gasteiger partial charge in [0.15, 0.2) is 5.15 Å². The van der Waals surface area contributed by atoms with Crippen LogP contribution in [0.5, 0.6) is 5.75 Å². The molecule has 112 valence electrons. The number of benzene rings is 1. The first-order valence-electron chi connectivity index (χ1n) is 6.30. The lowest BCUT2D eigenvalue weighted by atomic mass is 10.3. The molecule has 1 aromatic carbocycles. The van der Waals surface area contributed by atoms with E-state index in [9.17, 15) is 8.42 Å². The predicted molar refractivity (Wildman–Crippen MR) is 80.1 cm³/mol. The fourth-order valence-electron chi connectivity index (χ4n) is 2.21. The van der Waals surface area contributed by atoms with Crippen LogP contribution >= 0.6 is 22.3 Å². The normalized spacial score (nSPS) is 15.2. The summed E-state index contributed by atoms with van der Waals surface area (Å²) in [5.41, 5.74) is 0.999. The van der Waals surface area contributed by atoms with E-state index in [1.165, 1.54) is 11.8 Å². The van der Waals surface area contributed by atoms with E-state index in [4.69, 9.17) is 27.0 Å². The molecule has 0 N–H and O–H groups in total. The second kappa shape index (κ2) is 5.19. The third kappa shape index (κ3) is 2.63. The monoisotopic (exact) mass is 346 g/mol. The number of methoxy groups -OCH3 is 1. The van der Waals surface area contributed by atoms with E-state index < -0.39 is 9.05 Å². The first-order valence-corrected chi connectivity index (χ1v) is 8.98. The Balaban J connectivity index is 2.25. The smallest absolute Gasteiger partial charge is 0.266 e. The van der Waals surface area contributed by atoms with E-state index in [1.807, 2.05) is 0 Å². The second-order valence-corrected chi connectivity index (χ2v) is 7.66. The average molecular weight is 347 g/mol. The topological polar surface area (TPSA) is 61.2 Å². The van der Waals surface area contributed by atoms with Crippen LogP contribution < -0.4 is 4.74 Å². The summed E-state index contributed by atoms with van der Waals surface area (Å²) in [6.45, 7) is 0. The maximum atomic E-state index is 11.8. The van der Waals surface area contributed by atoms with Crippen LogP contribution in [0.1, 0.15) is 24.5 Å². The highest BCUT2D eigenvalue weighted by Crippen LogP contribution is 2.45. The summed E-state index contributed by atoms with van der Waals surface area (Å²) < 4.78 is 30.2. The van der Waals surface area contributed by atoms with Crippen LogP contribution in [0.2, 0.25) is 5.15 Å². The molecule has 5 nitrogen and oxygen atoms in total. The zero-order valence-electron chi connectivity index (χ0n) is 11.1. The first-order chi connectivity index (χ1) is 9.93. The SMILES string of the molecule is COc1ccccc1-n1nc(C2CC2)c(S(=O)(=O)Cl)c1Cl. The van der Waals surface area contributed by atoms with Gasteiger partial charge in [-0.2, -0.15) is 5.10 Å². The second-order valence-electron chi connectivity index (χ2n) is 4.80. The molecule has 0 aliphatic heterocycles. The Morgan fingerprint density at radius 2 is 2.00 bits per heavy atom. The minimum absolute atomic E-state index is 0.0172. The minimum atomic E-state index is -3.96. The van der Waals surface area contributed by atoms with Crippen molar-refractivity contribution < 1.29 is 13.2 Å². The van der Waals surface area contributed by atoms with Crippen LogP contribution in [-0.4, -0.2) is 25.3 Å². The van der Waals surface area contributed by atoms with Crippen molar-refractivity contribution in [2.24, 2.45) is 0 Å². The van der Waals surface area contributed by atoms with E-state index >= 15 is 0 Å². The summed E-state index contributed by atoms with van der Waals surface area (Å²) in [5.74, 6) is 0.643. The summed E-state index contributed by atoms with van der Waals surface area (Å²) >= 11 is 6.23. The average Bonchev–Trinajstić information content (AvgIpc) is 3.21. The molecule has 1 aliphatic rings. The third-order valence-corrected chi connectivity index (χ3v) is 5.15. The summed E-state index contributed by atoms with van der Waals surface area (Å²) in [6, 6.07) is 7.10. The molecule has 0 spiro atoms. The van der Waals surface area contributed by atoms with Crippen LogP contribution in [0.25, 0.3) is 5.69 Å². The van der Waals surface area contributed by atoms with E-state index in [-0.39, 0.29) is 16.0 Å². The molecule has 1 aliphatic carbocycles. The van der Waals surface area contributed by atoms with Crippen molar-refractivity contribution in [3.8, 4) is 11.4 Å². The van der Waals surface area contributed by atoms with Crippen LogP contribution in [-0.2, 0) is 9.05 Å². The molecule has 0 unspecified atom stereocenters. The van der Waals surface area contributed by atoms with Crippen molar-refractivity contribution >= 4 is 31.3 Å². The molecule has 21 heavy (non-hydrogen) atoms. The van der Waals surface area contributed by atoms with Crippen LogP contribution in [0.15, 0.2) is 29.2 Å². The zero-order chi connectivity index (χ0) is 15.2. The number of hydrogen-bond acceptors (Lipinski definition) is 4. The molecule has 1 saturated carbocycles. The number of ether oxygens (including phenoxy) is 1. The van der Waals surface area contributed by atoms with E-state index in [1.54, 1.807) is 24.3 Å². The van der Waals surface area contributed by atoms with Gasteiger partial charge >= 0.3 is 0 Å². The van der Waals surface area contributed by atoms with Gasteiger partial charge in [-0.1, -0.05) is 23.7 Å². The Labute approximate surface area is 131 Å². The highest BCUT2D eigenvalue weighted by Gasteiger charge is 2.36. The highest BCUT2D eigenvalue weighted by atomic mass is 35.7. The van der Waals surface area contributed by atoms with Gasteiger partial charge in [-0.15, -0.1) is 0 Å². The number of nitrogens with zero attached hydrogens (tertiary/aromatic N) is 2.